The zero-order chi connectivity index (χ0) is 10.7. The highest BCUT2D eigenvalue weighted by Crippen LogP contribution is 2.34. The summed E-state index contributed by atoms with van der Waals surface area (Å²) in [5.41, 5.74) is 6.80. The second-order valence-electron chi connectivity index (χ2n) is 4.07. The van der Waals surface area contributed by atoms with Gasteiger partial charge in [-0.2, -0.15) is 0 Å². The van der Waals surface area contributed by atoms with E-state index in [1.165, 1.54) is 32.1 Å². The molecule has 0 amide bonds. The maximum absolute atomic E-state index is 5.76. The molecule has 0 radical (unpaired) electrons. The molecule has 0 atom stereocenters. The van der Waals surface area contributed by atoms with Gasteiger partial charge in [0.05, 0.1) is 0 Å². The average molecular weight is 223 g/mol. The Morgan fingerprint density at radius 3 is 2.73 bits per heavy atom. The molecule has 0 unspecified atom stereocenters. The van der Waals surface area contributed by atoms with Gasteiger partial charge in [-0.05, 0) is 19.8 Å². The number of thioether (sulfide) groups is 1. The third-order valence-electron chi connectivity index (χ3n) is 2.91. The highest BCUT2D eigenvalue weighted by Gasteiger charge is 2.16. The first-order chi connectivity index (χ1) is 7.27. The van der Waals surface area contributed by atoms with Crippen molar-refractivity contribution in [1.82, 2.24) is 9.97 Å². The lowest BCUT2D eigenvalue weighted by atomic mass is 10.0. The minimum absolute atomic E-state index is 0.614. The van der Waals surface area contributed by atoms with E-state index in [9.17, 15) is 0 Å². The Labute approximate surface area is 94.9 Å². The molecule has 2 N–H and O–H groups in total. The molecule has 0 aromatic carbocycles. The molecule has 82 valence electrons. The van der Waals surface area contributed by atoms with Crippen molar-refractivity contribution in [3.05, 3.63) is 11.9 Å². The van der Waals surface area contributed by atoms with Crippen molar-refractivity contribution in [3.63, 3.8) is 0 Å². The molecule has 15 heavy (non-hydrogen) atoms. The summed E-state index contributed by atoms with van der Waals surface area (Å²) in [6.45, 7) is 2.00. The third-order valence-corrected chi connectivity index (χ3v) is 4.35. The van der Waals surface area contributed by atoms with Gasteiger partial charge in [-0.1, -0.05) is 19.3 Å². The zero-order valence-electron chi connectivity index (χ0n) is 9.07. The van der Waals surface area contributed by atoms with Gasteiger partial charge in [0.15, 0.2) is 0 Å². The van der Waals surface area contributed by atoms with Gasteiger partial charge in [-0.25, -0.2) is 9.97 Å². The maximum atomic E-state index is 5.76. The molecule has 0 aliphatic heterocycles. The van der Waals surface area contributed by atoms with Gasteiger partial charge in [-0.15, -0.1) is 11.8 Å². The second-order valence-corrected chi connectivity index (χ2v) is 5.36. The molecule has 2 rings (SSSR count). The molecule has 1 fully saturated rings. The number of hydrogen-bond acceptors (Lipinski definition) is 4. The van der Waals surface area contributed by atoms with Gasteiger partial charge < -0.3 is 5.73 Å². The molecule has 1 aliphatic rings. The molecule has 1 aliphatic carbocycles. The number of anilines is 1. The number of aromatic nitrogens is 2. The molecular weight excluding hydrogens is 206 g/mol. The Hall–Kier alpha value is -0.770. The summed E-state index contributed by atoms with van der Waals surface area (Å²) in [4.78, 5) is 8.29. The molecule has 1 heterocycles. The van der Waals surface area contributed by atoms with E-state index >= 15 is 0 Å². The van der Waals surface area contributed by atoms with Crippen LogP contribution in [0.2, 0.25) is 0 Å². The predicted molar refractivity (Wildman–Crippen MR) is 63.9 cm³/mol. The number of rotatable bonds is 2. The summed E-state index contributed by atoms with van der Waals surface area (Å²) < 4.78 is 0. The molecule has 4 heteroatoms. The van der Waals surface area contributed by atoms with Crippen molar-refractivity contribution in [1.29, 1.82) is 0 Å². The van der Waals surface area contributed by atoms with E-state index in [-0.39, 0.29) is 0 Å². The van der Waals surface area contributed by atoms with E-state index in [1.807, 2.05) is 18.7 Å². The molecule has 0 bridgehead atoms. The van der Waals surface area contributed by atoms with Gasteiger partial charge in [-0.3, -0.25) is 0 Å². The van der Waals surface area contributed by atoms with Gasteiger partial charge in [0.1, 0.15) is 17.2 Å². The summed E-state index contributed by atoms with van der Waals surface area (Å²) in [7, 11) is 0. The fourth-order valence-electron chi connectivity index (χ4n) is 1.91. The van der Waals surface area contributed by atoms with Crippen LogP contribution in [0.15, 0.2) is 11.4 Å². The molecule has 1 saturated carbocycles. The van der Waals surface area contributed by atoms with E-state index in [4.69, 9.17) is 5.73 Å². The lowest BCUT2D eigenvalue weighted by Crippen LogP contribution is -2.09. The smallest absolute Gasteiger partial charge is 0.130 e. The minimum atomic E-state index is 0.614. The second kappa shape index (κ2) is 4.84. The molecular formula is C11H17N3S. The van der Waals surface area contributed by atoms with Crippen LogP contribution in [0.1, 0.15) is 37.7 Å². The van der Waals surface area contributed by atoms with Crippen LogP contribution in [0.5, 0.6) is 0 Å². The first-order valence-corrected chi connectivity index (χ1v) is 6.39. The standard InChI is InChI=1S/C11H17N3S/c1-8-10(12)13-7-14-11(8)15-9-5-3-2-4-6-9/h7,9H,2-6H2,1H3,(H2,12,13,14). The van der Waals surface area contributed by atoms with Gasteiger partial charge in [0.2, 0.25) is 0 Å². The lowest BCUT2D eigenvalue weighted by Gasteiger charge is -2.21. The first-order valence-electron chi connectivity index (χ1n) is 5.51. The van der Waals surface area contributed by atoms with Gasteiger partial charge >= 0.3 is 0 Å². The number of nitrogen functional groups attached to an aromatic ring is 1. The van der Waals surface area contributed by atoms with Crippen molar-refractivity contribution in [2.75, 3.05) is 5.73 Å². The minimum Gasteiger partial charge on any atom is -0.383 e. The van der Waals surface area contributed by atoms with Crippen LogP contribution in [-0.2, 0) is 0 Å². The molecule has 3 nitrogen and oxygen atoms in total. The zero-order valence-corrected chi connectivity index (χ0v) is 9.89. The largest absolute Gasteiger partial charge is 0.383 e. The van der Waals surface area contributed by atoms with Crippen molar-refractivity contribution in [2.45, 2.75) is 49.3 Å². The number of nitrogens with two attached hydrogens (primary N) is 1. The van der Waals surface area contributed by atoms with Crippen molar-refractivity contribution in [3.8, 4) is 0 Å². The summed E-state index contributed by atoms with van der Waals surface area (Å²) in [5.74, 6) is 0.614. The van der Waals surface area contributed by atoms with Crippen LogP contribution >= 0.6 is 11.8 Å². The first kappa shape index (κ1) is 10.7. The highest BCUT2D eigenvalue weighted by atomic mass is 32.2. The van der Waals surface area contributed by atoms with Crippen molar-refractivity contribution >= 4 is 17.6 Å². The topological polar surface area (TPSA) is 51.8 Å². The number of hydrogen-bond donors (Lipinski definition) is 1. The van der Waals surface area contributed by atoms with Crippen LogP contribution in [0.4, 0.5) is 5.82 Å². The van der Waals surface area contributed by atoms with Gasteiger partial charge in [0.25, 0.3) is 0 Å². The third kappa shape index (κ3) is 2.62. The summed E-state index contributed by atoms with van der Waals surface area (Å²) in [5, 5.41) is 1.79. The SMILES string of the molecule is Cc1c(N)ncnc1SC1CCCCC1. The van der Waals surface area contributed by atoms with Crippen LogP contribution < -0.4 is 5.73 Å². The van der Waals surface area contributed by atoms with Crippen LogP contribution in [0.25, 0.3) is 0 Å². The summed E-state index contributed by atoms with van der Waals surface area (Å²) in [6.07, 6.45) is 8.30. The molecule has 0 spiro atoms. The van der Waals surface area contributed by atoms with Crippen LogP contribution in [-0.4, -0.2) is 15.2 Å². The normalized spacial score (nSPS) is 17.9. The van der Waals surface area contributed by atoms with E-state index in [1.54, 1.807) is 6.33 Å². The Balaban J connectivity index is 2.06. The molecule has 0 saturated heterocycles. The van der Waals surface area contributed by atoms with E-state index in [2.05, 4.69) is 9.97 Å². The summed E-state index contributed by atoms with van der Waals surface area (Å²) >= 11 is 1.87. The fourth-order valence-corrected chi connectivity index (χ4v) is 3.18. The highest BCUT2D eigenvalue weighted by molar-refractivity contribution is 7.99. The molecule has 1 aromatic rings. The van der Waals surface area contributed by atoms with Crippen molar-refractivity contribution < 1.29 is 0 Å². The fraction of sp³-hybridized carbons (Fsp3) is 0.636. The van der Waals surface area contributed by atoms with Crippen LogP contribution in [0, 0.1) is 6.92 Å². The Kier molecular flexibility index (Phi) is 3.46. The van der Waals surface area contributed by atoms with E-state index < -0.39 is 0 Å². The monoisotopic (exact) mass is 223 g/mol. The predicted octanol–water partition coefficient (Wildman–Crippen LogP) is 2.79. The molecule has 1 aromatic heterocycles. The Morgan fingerprint density at radius 1 is 1.27 bits per heavy atom. The maximum Gasteiger partial charge on any atom is 0.130 e. The van der Waals surface area contributed by atoms with E-state index in [0.717, 1.165) is 15.8 Å². The van der Waals surface area contributed by atoms with Gasteiger partial charge in [0, 0.05) is 10.8 Å². The quantitative estimate of drug-likeness (QED) is 0.783. The van der Waals surface area contributed by atoms with E-state index in [0.29, 0.717) is 5.82 Å². The van der Waals surface area contributed by atoms with Crippen molar-refractivity contribution in [2.24, 2.45) is 0 Å². The Bertz CT molecular complexity index is 335. The van der Waals surface area contributed by atoms with Crippen LogP contribution in [0.3, 0.4) is 0 Å². The summed E-state index contributed by atoms with van der Waals surface area (Å²) in [6, 6.07) is 0. The average Bonchev–Trinajstić information content (AvgIpc) is 2.26. The Morgan fingerprint density at radius 2 is 2.00 bits per heavy atom. The lowest BCUT2D eigenvalue weighted by molar-refractivity contribution is 0.515. The number of nitrogens with zero attached hydrogens (tertiary/aromatic N) is 2.